The van der Waals surface area contributed by atoms with Crippen molar-refractivity contribution in [3.8, 4) is 0 Å². The number of fused-ring (bicyclic) bond motifs is 1. The summed E-state index contributed by atoms with van der Waals surface area (Å²) in [7, 11) is 0. The molecule has 0 radical (unpaired) electrons. The summed E-state index contributed by atoms with van der Waals surface area (Å²) < 4.78 is 7.26. The Kier molecular flexibility index (Phi) is 5.63. The van der Waals surface area contributed by atoms with Crippen molar-refractivity contribution in [2.75, 3.05) is 44.2 Å². The minimum atomic E-state index is 0.252. The molecule has 2 aliphatic heterocycles. The van der Waals surface area contributed by atoms with Crippen LogP contribution in [0.15, 0.2) is 46.9 Å². The van der Waals surface area contributed by atoms with Crippen LogP contribution in [-0.4, -0.2) is 44.2 Å². The molecule has 2 aliphatic rings. The van der Waals surface area contributed by atoms with Crippen LogP contribution in [-0.2, 0) is 11.2 Å². The molecule has 4 rings (SSSR count). The summed E-state index contributed by atoms with van der Waals surface area (Å²) in [6, 6.07) is 15.5. The van der Waals surface area contributed by atoms with Gasteiger partial charge in [-0.3, -0.25) is 4.90 Å². The molecule has 1 fully saturated rings. The van der Waals surface area contributed by atoms with Crippen molar-refractivity contribution in [3.05, 3.63) is 63.6 Å². The van der Waals surface area contributed by atoms with Crippen molar-refractivity contribution in [1.29, 1.82) is 0 Å². The third-order valence-corrected chi connectivity index (χ3v) is 6.11. The predicted octanol–water partition coefficient (Wildman–Crippen LogP) is 4.58. The van der Waals surface area contributed by atoms with Gasteiger partial charge in [0, 0.05) is 42.9 Å². The lowest BCUT2D eigenvalue weighted by Crippen LogP contribution is -2.46. The molecule has 1 atom stereocenters. The highest BCUT2D eigenvalue weighted by atomic mass is 79.9. The highest BCUT2D eigenvalue weighted by molar-refractivity contribution is 9.10. The summed E-state index contributed by atoms with van der Waals surface area (Å²) >= 11 is 3.59. The number of piperazine rings is 1. The minimum absolute atomic E-state index is 0.252. The number of benzene rings is 2. The Balaban J connectivity index is 1.30. The minimum Gasteiger partial charge on any atom is -0.373 e. The van der Waals surface area contributed by atoms with Crippen LogP contribution in [0.3, 0.4) is 0 Å². The Morgan fingerprint density at radius 1 is 1.04 bits per heavy atom. The zero-order valence-corrected chi connectivity index (χ0v) is 17.0. The summed E-state index contributed by atoms with van der Waals surface area (Å²) in [6.45, 7) is 8.58. The topological polar surface area (TPSA) is 15.7 Å². The lowest BCUT2D eigenvalue weighted by Gasteiger charge is -2.37. The molecular formula is C22H27BrN2O. The number of anilines is 1. The van der Waals surface area contributed by atoms with E-state index in [1.807, 2.05) is 0 Å². The van der Waals surface area contributed by atoms with E-state index in [-0.39, 0.29) is 6.10 Å². The van der Waals surface area contributed by atoms with E-state index in [4.69, 9.17) is 4.74 Å². The van der Waals surface area contributed by atoms with Gasteiger partial charge in [-0.25, -0.2) is 0 Å². The van der Waals surface area contributed by atoms with Gasteiger partial charge in [0.1, 0.15) is 0 Å². The number of hydrogen-bond acceptors (Lipinski definition) is 3. The Bertz CT molecular complexity index is 738. The fourth-order valence-corrected chi connectivity index (χ4v) is 4.44. The summed E-state index contributed by atoms with van der Waals surface area (Å²) in [5.41, 5.74) is 5.51. The quantitative estimate of drug-likeness (QED) is 0.727. The lowest BCUT2D eigenvalue weighted by atomic mass is 9.95. The monoisotopic (exact) mass is 414 g/mol. The normalized spacial score (nSPS) is 20.8. The smallest absolute Gasteiger partial charge is 0.0839 e. The van der Waals surface area contributed by atoms with E-state index in [0.29, 0.717) is 0 Å². The molecule has 0 spiro atoms. The molecule has 2 heterocycles. The van der Waals surface area contributed by atoms with Crippen LogP contribution in [0.4, 0.5) is 5.69 Å². The highest BCUT2D eigenvalue weighted by Gasteiger charge is 2.23. The standard InChI is InChI=1S/C22H27BrN2O/c1-17-2-5-20(6-3-17)25-13-11-24(12-14-25)10-8-22-21-7-4-19(23)16-18(21)9-15-26-22/h2-7,16,22H,8-15H2,1H3. The van der Waals surface area contributed by atoms with E-state index in [0.717, 1.165) is 52.2 Å². The van der Waals surface area contributed by atoms with E-state index in [1.54, 1.807) is 0 Å². The second kappa shape index (κ2) is 8.12. The van der Waals surface area contributed by atoms with Gasteiger partial charge >= 0.3 is 0 Å². The van der Waals surface area contributed by atoms with Crippen LogP contribution in [0.5, 0.6) is 0 Å². The van der Waals surface area contributed by atoms with E-state index in [2.05, 4.69) is 75.1 Å². The van der Waals surface area contributed by atoms with E-state index in [1.165, 1.54) is 26.9 Å². The fraction of sp³-hybridized carbons (Fsp3) is 0.455. The average molecular weight is 415 g/mol. The summed E-state index contributed by atoms with van der Waals surface area (Å²) in [4.78, 5) is 5.08. The molecule has 2 aromatic rings. The van der Waals surface area contributed by atoms with Gasteiger partial charge in [0.15, 0.2) is 0 Å². The maximum atomic E-state index is 6.08. The van der Waals surface area contributed by atoms with Crippen molar-refractivity contribution in [1.82, 2.24) is 4.90 Å². The molecule has 0 aromatic heterocycles. The number of nitrogens with zero attached hydrogens (tertiary/aromatic N) is 2. The Morgan fingerprint density at radius 3 is 2.58 bits per heavy atom. The zero-order chi connectivity index (χ0) is 17.9. The first-order valence-electron chi connectivity index (χ1n) is 9.63. The molecule has 4 heteroatoms. The first kappa shape index (κ1) is 18.0. The highest BCUT2D eigenvalue weighted by Crippen LogP contribution is 2.31. The van der Waals surface area contributed by atoms with Crippen molar-refractivity contribution >= 4 is 21.6 Å². The number of halogens is 1. The third kappa shape index (κ3) is 4.13. The van der Waals surface area contributed by atoms with Gasteiger partial charge < -0.3 is 9.64 Å². The molecule has 1 saturated heterocycles. The maximum Gasteiger partial charge on any atom is 0.0839 e. The molecule has 3 nitrogen and oxygen atoms in total. The molecule has 138 valence electrons. The number of aryl methyl sites for hydroxylation is 1. The van der Waals surface area contributed by atoms with Gasteiger partial charge in [0.25, 0.3) is 0 Å². The van der Waals surface area contributed by atoms with E-state index in [9.17, 15) is 0 Å². The summed E-state index contributed by atoms with van der Waals surface area (Å²) in [5.74, 6) is 0. The molecular weight excluding hydrogens is 388 g/mol. The van der Waals surface area contributed by atoms with Gasteiger partial charge in [0.05, 0.1) is 12.7 Å². The van der Waals surface area contributed by atoms with Crippen LogP contribution >= 0.6 is 15.9 Å². The molecule has 0 saturated carbocycles. The van der Waals surface area contributed by atoms with E-state index >= 15 is 0 Å². The van der Waals surface area contributed by atoms with Crippen molar-refractivity contribution in [3.63, 3.8) is 0 Å². The van der Waals surface area contributed by atoms with Crippen LogP contribution < -0.4 is 4.90 Å². The Morgan fingerprint density at radius 2 is 1.81 bits per heavy atom. The molecule has 26 heavy (non-hydrogen) atoms. The van der Waals surface area contributed by atoms with Crippen LogP contribution in [0.1, 0.15) is 29.2 Å². The Hall–Kier alpha value is -1.36. The maximum absolute atomic E-state index is 6.08. The van der Waals surface area contributed by atoms with Gasteiger partial charge in [-0.15, -0.1) is 0 Å². The van der Waals surface area contributed by atoms with Crippen LogP contribution in [0, 0.1) is 6.92 Å². The third-order valence-electron chi connectivity index (χ3n) is 5.62. The van der Waals surface area contributed by atoms with E-state index < -0.39 is 0 Å². The lowest BCUT2D eigenvalue weighted by molar-refractivity contribution is 0.0289. The average Bonchev–Trinajstić information content (AvgIpc) is 2.67. The van der Waals surface area contributed by atoms with Crippen molar-refractivity contribution < 1.29 is 4.74 Å². The van der Waals surface area contributed by atoms with Gasteiger partial charge in [0.2, 0.25) is 0 Å². The summed E-state index contributed by atoms with van der Waals surface area (Å²) in [5, 5.41) is 0. The Labute approximate surface area is 165 Å². The number of rotatable bonds is 4. The van der Waals surface area contributed by atoms with Gasteiger partial charge in [-0.2, -0.15) is 0 Å². The first-order valence-corrected chi connectivity index (χ1v) is 10.4. The van der Waals surface area contributed by atoms with Crippen molar-refractivity contribution in [2.24, 2.45) is 0 Å². The zero-order valence-electron chi connectivity index (χ0n) is 15.5. The van der Waals surface area contributed by atoms with Gasteiger partial charge in [-0.1, -0.05) is 39.7 Å². The molecule has 0 N–H and O–H groups in total. The SMILES string of the molecule is Cc1ccc(N2CCN(CCC3OCCc4cc(Br)ccc43)CC2)cc1. The second-order valence-corrected chi connectivity index (χ2v) is 8.32. The number of ether oxygens (including phenoxy) is 1. The van der Waals surface area contributed by atoms with Crippen LogP contribution in [0.2, 0.25) is 0 Å². The number of hydrogen-bond donors (Lipinski definition) is 0. The molecule has 2 aromatic carbocycles. The largest absolute Gasteiger partial charge is 0.373 e. The molecule has 0 amide bonds. The summed E-state index contributed by atoms with van der Waals surface area (Å²) in [6.07, 6.45) is 2.36. The second-order valence-electron chi connectivity index (χ2n) is 7.41. The molecule has 0 aliphatic carbocycles. The molecule has 1 unspecified atom stereocenters. The first-order chi connectivity index (χ1) is 12.7. The van der Waals surface area contributed by atoms with Crippen molar-refractivity contribution in [2.45, 2.75) is 25.9 Å². The molecule has 0 bridgehead atoms. The predicted molar refractivity (Wildman–Crippen MR) is 111 cm³/mol. The van der Waals surface area contributed by atoms with Gasteiger partial charge in [-0.05, 0) is 55.2 Å². The fourth-order valence-electron chi connectivity index (χ4n) is 4.03. The van der Waals surface area contributed by atoms with Crippen LogP contribution in [0.25, 0.3) is 0 Å².